The van der Waals surface area contributed by atoms with Crippen LogP contribution < -0.4 is 5.32 Å². The van der Waals surface area contributed by atoms with Gasteiger partial charge in [-0.2, -0.15) is 0 Å². The molecule has 2 rings (SSSR count). The normalized spacial score (nSPS) is 15.1. The third kappa shape index (κ3) is 5.66. The summed E-state index contributed by atoms with van der Waals surface area (Å²) in [5.41, 5.74) is 1.32. The minimum atomic E-state index is 0.879. The van der Waals surface area contributed by atoms with Crippen LogP contribution in [-0.4, -0.2) is 19.8 Å². The molecule has 1 N–H and O–H groups in total. The minimum Gasteiger partial charge on any atom is -0.381 e. The second-order valence-corrected chi connectivity index (χ2v) is 5.59. The highest BCUT2D eigenvalue weighted by Gasteiger charge is 2.20. The number of hydrogen-bond donors (Lipinski definition) is 1. The van der Waals surface area contributed by atoms with Crippen molar-refractivity contribution in [3.8, 4) is 0 Å². The molecule has 3 heteroatoms. The molecule has 0 aliphatic heterocycles. The van der Waals surface area contributed by atoms with Crippen LogP contribution >= 0.6 is 15.9 Å². The van der Waals surface area contributed by atoms with Crippen molar-refractivity contribution in [3.05, 3.63) is 34.3 Å². The van der Waals surface area contributed by atoms with E-state index in [-0.39, 0.29) is 0 Å². The first-order chi connectivity index (χ1) is 8.34. The van der Waals surface area contributed by atoms with Crippen LogP contribution in [0, 0.1) is 5.92 Å². The summed E-state index contributed by atoms with van der Waals surface area (Å²) in [5.74, 6) is 0.879. The summed E-state index contributed by atoms with van der Waals surface area (Å²) in [5, 5.41) is 3.43. The van der Waals surface area contributed by atoms with Gasteiger partial charge in [0.1, 0.15) is 0 Å². The first kappa shape index (κ1) is 13.1. The molecule has 17 heavy (non-hydrogen) atoms. The molecule has 1 aliphatic carbocycles. The summed E-state index contributed by atoms with van der Waals surface area (Å²) in [4.78, 5) is 0. The number of nitrogens with one attached hydrogen (secondary N) is 1. The summed E-state index contributed by atoms with van der Waals surface area (Å²) < 4.78 is 6.72. The van der Waals surface area contributed by atoms with Gasteiger partial charge >= 0.3 is 0 Å². The van der Waals surface area contributed by atoms with Crippen LogP contribution in [0.25, 0.3) is 0 Å². The molecule has 0 unspecified atom stereocenters. The number of benzene rings is 1. The Morgan fingerprint density at radius 3 is 3.00 bits per heavy atom. The standard InChI is InChI=1S/C14H20BrNO/c15-14-4-1-3-13(9-14)10-16-7-2-8-17-11-12-5-6-12/h1,3-4,9,12,16H,2,5-8,10-11H2. The van der Waals surface area contributed by atoms with E-state index in [4.69, 9.17) is 4.74 Å². The molecule has 0 bridgehead atoms. The van der Waals surface area contributed by atoms with E-state index < -0.39 is 0 Å². The Bertz CT molecular complexity index is 339. The average Bonchev–Trinajstić information content (AvgIpc) is 3.12. The second kappa shape index (κ2) is 7.14. The molecular weight excluding hydrogens is 278 g/mol. The first-order valence-electron chi connectivity index (χ1n) is 6.37. The monoisotopic (exact) mass is 297 g/mol. The van der Waals surface area contributed by atoms with Gasteiger partial charge in [-0.25, -0.2) is 0 Å². The smallest absolute Gasteiger partial charge is 0.0494 e. The number of hydrogen-bond acceptors (Lipinski definition) is 2. The number of ether oxygens (including phenoxy) is 1. The van der Waals surface area contributed by atoms with E-state index in [1.165, 1.54) is 18.4 Å². The molecule has 2 nitrogen and oxygen atoms in total. The lowest BCUT2D eigenvalue weighted by Crippen LogP contribution is -2.16. The summed E-state index contributed by atoms with van der Waals surface area (Å²) in [6.07, 6.45) is 3.85. The molecule has 1 aromatic carbocycles. The fraction of sp³-hybridized carbons (Fsp3) is 0.571. The summed E-state index contributed by atoms with van der Waals surface area (Å²) in [7, 11) is 0. The predicted octanol–water partition coefficient (Wildman–Crippen LogP) is 3.36. The van der Waals surface area contributed by atoms with Gasteiger partial charge in [0.05, 0.1) is 0 Å². The van der Waals surface area contributed by atoms with Crippen molar-refractivity contribution in [2.24, 2.45) is 5.92 Å². The van der Waals surface area contributed by atoms with Crippen LogP contribution in [0.4, 0.5) is 0 Å². The maximum atomic E-state index is 5.58. The fourth-order valence-electron chi connectivity index (χ4n) is 1.71. The highest BCUT2D eigenvalue weighted by molar-refractivity contribution is 9.10. The van der Waals surface area contributed by atoms with E-state index in [1.807, 2.05) is 0 Å². The lowest BCUT2D eigenvalue weighted by molar-refractivity contribution is 0.122. The van der Waals surface area contributed by atoms with Crippen LogP contribution in [-0.2, 0) is 11.3 Å². The second-order valence-electron chi connectivity index (χ2n) is 4.68. The average molecular weight is 298 g/mol. The molecule has 0 saturated heterocycles. The Hall–Kier alpha value is -0.380. The van der Waals surface area contributed by atoms with E-state index in [0.717, 1.165) is 43.1 Å². The zero-order valence-electron chi connectivity index (χ0n) is 10.1. The first-order valence-corrected chi connectivity index (χ1v) is 7.17. The third-order valence-corrected chi connectivity index (χ3v) is 3.40. The van der Waals surface area contributed by atoms with E-state index in [2.05, 4.69) is 45.5 Å². The topological polar surface area (TPSA) is 21.3 Å². The van der Waals surface area contributed by atoms with E-state index in [0.29, 0.717) is 0 Å². The molecular formula is C14H20BrNO. The van der Waals surface area contributed by atoms with Gasteiger partial charge in [-0.15, -0.1) is 0 Å². The molecule has 0 amide bonds. The Morgan fingerprint density at radius 2 is 2.24 bits per heavy atom. The maximum absolute atomic E-state index is 5.58. The van der Waals surface area contributed by atoms with Crippen molar-refractivity contribution >= 4 is 15.9 Å². The summed E-state index contributed by atoms with van der Waals surface area (Å²) >= 11 is 3.48. The van der Waals surface area contributed by atoms with Crippen molar-refractivity contribution in [3.63, 3.8) is 0 Å². The Labute approximate surface area is 112 Å². The molecule has 1 aromatic rings. The van der Waals surface area contributed by atoms with Gasteiger partial charge in [-0.3, -0.25) is 0 Å². The molecule has 94 valence electrons. The highest BCUT2D eigenvalue weighted by Crippen LogP contribution is 2.28. The maximum Gasteiger partial charge on any atom is 0.0494 e. The van der Waals surface area contributed by atoms with Gasteiger partial charge in [0.25, 0.3) is 0 Å². The van der Waals surface area contributed by atoms with E-state index in [9.17, 15) is 0 Å². The Kier molecular flexibility index (Phi) is 5.49. The predicted molar refractivity (Wildman–Crippen MR) is 74.0 cm³/mol. The van der Waals surface area contributed by atoms with Crippen LogP contribution in [0.1, 0.15) is 24.8 Å². The van der Waals surface area contributed by atoms with Gasteiger partial charge in [0.15, 0.2) is 0 Å². The van der Waals surface area contributed by atoms with Crippen LogP contribution in [0.3, 0.4) is 0 Å². The number of rotatable bonds is 8. The minimum absolute atomic E-state index is 0.879. The van der Waals surface area contributed by atoms with Crippen LogP contribution in [0.15, 0.2) is 28.7 Å². The van der Waals surface area contributed by atoms with Gasteiger partial charge in [-0.05, 0) is 49.4 Å². The molecule has 0 aromatic heterocycles. The third-order valence-electron chi connectivity index (χ3n) is 2.91. The highest BCUT2D eigenvalue weighted by atomic mass is 79.9. The molecule has 0 spiro atoms. The summed E-state index contributed by atoms with van der Waals surface area (Å²) in [6, 6.07) is 8.41. The molecule has 1 fully saturated rings. The lowest BCUT2D eigenvalue weighted by Gasteiger charge is -2.06. The fourth-order valence-corrected chi connectivity index (χ4v) is 2.16. The quantitative estimate of drug-likeness (QED) is 0.743. The van der Waals surface area contributed by atoms with Gasteiger partial charge in [-0.1, -0.05) is 28.1 Å². The van der Waals surface area contributed by atoms with Crippen molar-refractivity contribution < 1.29 is 4.74 Å². The van der Waals surface area contributed by atoms with E-state index in [1.54, 1.807) is 0 Å². The van der Waals surface area contributed by atoms with Gasteiger partial charge in [0, 0.05) is 24.2 Å². The molecule has 1 aliphatic rings. The summed E-state index contributed by atoms with van der Waals surface area (Å²) in [6.45, 7) is 3.83. The SMILES string of the molecule is Brc1cccc(CNCCCOCC2CC2)c1. The molecule has 0 radical (unpaired) electrons. The van der Waals surface area contributed by atoms with Crippen molar-refractivity contribution in [1.29, 1.82) is 0 Å². The number of halogens is 1. The van der Waals surface area contributed by atoms with Gasteiger partial charge in [0.2, 0.25) is 0 Å². The zero-order chi connectivity index (χ0) is 11.9. The zero-order valence-corrected chi connectivity index (χ0v) is 11.7. The molecule has 1 saturated carbocycles. The van der Waals surface area contributed by atoms with Crippen LogP contribution in [0.5, 0.6) is 0 Å². The van der Waals surface area contributed by atoms with Crippen LogP contribution in [0.2, 0.25) is 0 Å². The Morgan fingerprint density at radius 1 is 1.35 bits per heavy atom. The largest absolute Gasteiger partial charge is 0.381 e. The molecule has 0 atom stereocenters. The van der Waals surface area contributed by atoms with Crippen molar-refractivity contribution in [1.82, 2.24) is 5.32 Å². The Balaban J connectivity index is 1.47. The van der Waals surface area contributed by atoms with Crippen molar-refractivity contribution in [2.75, 3.05) is 19.8 Å². The molecule has 0 heterocycles. The van der Waals surface area contributed by atoms with Crippen molar-refractivity contribution in [2.45, 2.75) is 25.8 Å². The van der Waals surface area contributed by atoms with Gasteiger partial charge < -0.3 is 10.1 Å². The van der Waals surface area contributed by atoms with E-state index >= 15 is 0 Å². The lowest BCUT2D eigenvalue weighted by atomic mass is 10.2.